The van der Waals surface area contributed by atoms with E-state index in [9.17, 15) is 5.11 Å². The molecule has 100 valence electrons. The third kappa shape index (κ3) is 3.10. The fraction of sp³-hybridized carbons (Fsp3) is 0.692. The second-order valence-electron chi connectivity index (χ2n) is 4.92. The quantitative estimate of drug-likeness (QED) is 0.746. The van der Waals surface area contributed by atoms with Gasteiger partial charge in [0.15, 0.2) is 0 Å². The average molecular weight is 250 g/mol. The Balaban J connectivity index is 2.08. The molecule has 1 heterocycles. The van der Waals surface area contributed by atoms with Crippen molar-refractivity contribution in [1.29, 1.82) is 0 Å². The van der Waals surface area contributed by atoms with Crippen LogP contribution in [-0.4, -0.2) is 33.8 Å². The van der Waals surface area contributed by atoms with Gasteiger partial charge in [0.05, 0.1) is 12.1 Å². The molecular formula is C13H22N4O. The number of aliphatic hydroxyl groups is 1. The molecule has 5 heteroatoms. The summed E-state index contributed by atoms with van der Waals surface area (Å²) in [6.45, 7) is 2.97. The Hall–Kier alpha value is -1.36. The molecule has 18 heavy (non-hydrogen) atoms. The van der Waals surface area contributed by atoms with Crippen LogP contribution in [0.15, 0.2) is 12.3 Å². The summed E-state index contributed by atoms with van der Waals surface area (Å²) in [5.41, 5.74) is -0.198. The highest BCUT2D eigenvalue weighted by atomic mass is 16.3. The van der Waals surface area contributed by atoms with Crippen molar-refractivity contribution in [2.45, 2.75) is 44.6 Å². The normalized spacial score (nSPS) is 18.3. The van der Waals surface area contributed by atoms with Gasteiger partial charge in [-0.05, 0) is 25.8 Å². The van der Waals surface area contributed by atoms with E-state index in [0.717, 1.165) is 25.2 Å². The van der Waals surface area contributed by atoms with Gasteiger partial charge < -0.3 is 15.7 Å². The average Bonchev–Trinajstić information content (AvgIpc) is 2.41. The van der Waals surface area contributed by atoms with Crippen LogP contribution in [0.2, 0.25) is 0 Å². The van der Waals surface area contributed by atoms with Crippen LogP contribution < -0.4 is 10.6 Å². The van der Waals surface area contributed by atoms with Gasteiger partial charge in [-0.15, -0.1) is 0 Å². The van der Waals surface area contributed by atoms with Crippen molar-refractivity contribution in [2.75, 3.05) is 23.8 Å². The lowest BCUT2D eigenvalue weighted by molar-refractivity contribution is 0.172. The van der Waals surface area contributed by atoms with E-state index in [-0.39, 0.29) is 12.1 Å². The first-order chi connectivity index (χ1) is 8.78. The maximum absolute atomic E-state index is 9.65. The van der Waals surface area contributed by atoms with E-state index in [4.69, 9.17) is 0 Å². The number of anilines is 2. The molecule has 2 rings (SSSR count). The highest BCUT2D eigenvalue weighted by Gasteiger charge is 2.31. The van der Waals surface area contributed by atoms with Crippen LogP contribution >= 0.6 is 0 Å². The minimum Gasteiger partial charge on any atom is -0.394 e. The zero-order valence-corrected chi connectivity index (χ0v) is 10.9. The number of rotatable bonds is 5. The Labute approximate surface area is 108 Å². The number of nitrogens with zero attached hydrogens (tertiary/aromatic N) is 2. The Morgan fingerprint density at radius 3 is 2.78 bits per heavy atom. The summed E-state index contributed by atoms with van der Waals surface area (Å²) in [5, 5.41) is 16.1. The molecule has 1 aromatic rings. The van der Waals surface area contributed by atoms with Crippen LogP contribution in [0, 0.1) is 0 Å². The summed E-state index contributed by atoms with van der Waals surface area (Å²) < 4.78 is 0. The lowest BCUT2D eigenvalue weighted by Gasteiger charge is -2.36. The zero-order chi connectivity index (χ0) is 12.8. The van der Waals surface area contributed by atoms with Crippen molar-refractivity contribution in [3.63, 3.8) is 0 Å². The van der Waals surface area contributed by atoms with Crippen molar-refractivity contribution in [2.24, 2.45) is 0 Å². The predicted molar refractivity (Wildman–Crippen MR) is 72.7 cm³/mol. The van der Waals surface area contributed by atoms with Gasteiger partial charge in [0, 0.05) is 12.7 Å². The lowest BCUT2D eigenvalue weighted by atomic mass is 9.82. The summed E-state index contributed by atoms with van der Waals surface area (Å²) in [7, 11) is 0. The molecule has 1 fully saturated rings. The van der Waals surface area contributed by atoms with Gasteiger partial charge in [-0.3, -0.25) is 0 Å². The van der Waals surface area contributed by atoms with Gasteiger partial charge in [-0.25, -0.2) is 4.98 Å². The van der Waals surface area contributed by atoms with Gasteiger partial charge >= 0.3 is 0 Å². The van der Waals surface area contributed by atoms with E-state index < -0.39 is 0 Å². The third-order valence-corrected chi connectivity index (χ3v) is 3.50. The summed E-state index contributed by atoms with van der Waals surface area (Å²) in [6, 6.07) is 1.85. The fourth-order valence-electron chi connectivity index (χ4n) is 2.49. The molecule has 0 atom stereocenters. The molecule has 1 saturated carbocycles. The van der Waals surface area contributed by atoms with E-state index in [0.29, 0.717) is 5.95 Å². The molecule has 3 N–H and O–H groups in total. The van der Waals surface area contributed by atoms with Gasteiger partial charge in [-0.1, -0.05) is 19.3 Å². The minimum absolute atomic E-state index is 0.160. The highest BCUT2D eigenvalue weighted by molar-refractivity contribution is 5.42. The molecule has 0 aliphatic heterocycles. The second kappa shape index (κ2) is 6.00. The fourth-order valence-corrected chi connectivity index (χ4v) is 2.49. The SMILES string of the molecule is CCNc1nccc(NC2(CO)CCCCC2)n1. The molecule has 0 unspecified atom stereocenters. The van der Waals surface area contributed by atoms with Crippen LogP contribution in [0.4, 0.5) is 11.8 Å². The van der Waals surface area contributed by atoms with Crippen LogP contribution in [0.3, 0.4) is 0 Å². The standard InChI is InChI=1S/C13H22N4O/c1-2-14-12-15-9-6-11(16-12)17-13(10-18)7-4-3-5-8-13/h6,9,18H,2-5,7-8,10H2,1H3,(H2,14,15,16,17). The molecule has 1 aromatic heterocycles. The first-order valence-corrected chi connectivity index (χ1v) is 6.74. The van der Waals surface area contributed by atoms with Crippen LogP contribution in [0.5, 0.6) is 0 Å². The van der Waals surface area contributed by atoms with E-state index in [1.54, 1.807) is 6.20 Å². The largest absolute Gasteiger partial charge is 0.394 e. The summed E-state index contributed by atoms with van der Waals surface area (Å²) >= 11 is 0. The van der Waals surface area contributed by atoms with E-state index in [2.05, 4.69) is 20.6 Å². The third-order valence-electron chi connectivity index (χ3n) is 3.50. The number of hydrogen-bond donors (Lipinski definition) is 3. The van der Waals surface area contributed by atoms with E-state index in [1.165, 1.54) is 19.3 Å². The summed E-state index contributed by atoms with van der Waals surface area (Å²) in [6.07, 6.45) is 7.34. The smallest absolute Gasteiger partial charge is 0.224 e. The van der Waals surface area contributed by atoms with Crippen molar-refractivity contribution in [3.05, 3.63) is 12.3 Å². The molecule has 0 radical (unpaired) electrons. The Bertz CT molecular complexity index is 377. The number of hydrogen-bond acceptors (Lipinski definition) is 5. The molecule has 0 aromatic carbocycles. The van der Waals surface area contributed by atoms with Crippen LogP contribution in [0.25, 0.3) is 0 Å². The van der Waals surface area contributed by atoms with Crippen LogP contribution in [0.1, 0.15) is 39.0 Å². The highest BCUT2D eigenvalue weighted by Crippen LogP contribution is 2.30. The van der Waals surface area contributed by atoms with E-state index in [1.807, 2.05) is 13.0 Å². The number of nitrogens with one attached hydrogen (secondary N) is 2. The molecular weight excluding hydrogens is 228 g/mol. The zero-order valence-electron chi connectivity index (χ0n) is 10.9. The Morgan fingerprint density at radius 2 is 2.11 bits per heavy atom. The Kier molecular flexibility index (Phi) is 4.36. The van der Waals surface area contributed by atoms with Gasteiger partial charge in [-0.2, -0.15) is 4.98 Å². The molecule has 0 saturated heterocycles. The van der Waals surface area contributed by atoms with E-state index >= 15 is 0 Å². The molecule has 5 nitrogen and oxygen atoms in total. The van der Waals surface area contributed by atoms with Gasteiger partial charge in [0.1, 0.15) is 5.82 Å². The molecule has 0 spiro atoms. The first kappa shape index (κ1) is 13.1. The van der Waals surface area contributed by atoms with Crippen molar-refractivity contribution in [3.8, 4) is 0 Å². The summed E-state index contributed by atoms with van der Waals surface area (Å²) in [4.78, 5) is 8.55. The first-order valence-electron chi connectivity index (χ1n) is 6.74. The lowest BCUT2D eigenvalue weighted by Crippen LogP contribution is -2.44. The molecule has 0 amide bonds. The molecule has 0 bridgehead atoms. The van der Waals surface area contributed by atoms with Gasteiger partial charge in [0.25, 0.3) is 0 Å². The molecule has 1 aliphatic rings. The maximum Gasteiger partial charge on any atom is 0.224 e. The topological polar surface area (TPSA) is 70.1 Å². The predicted octanol–water partition coefficient (Wildman–Crippen LogP) is 2.02. The van der Waals surface area contributed by atoms with Crippen molar-refractivity contribution < 1.29 is 5.11 Å². The number of aliphatic hydroxyl groups excluding tert-OH is 1. The number of aromatic nitrogens is 2. The van der Waals surface area contributed by atoms with Crippen molar-refractivity contribution in [1.82, 2.24) is 9.97 Å². The van der Waals surface area contributed by atoms with Gasteiger partial charge in [0.2, 0.25) is 5.95 Å². The maximum atomic E-state index is 9.65. The minimum atomic E-state index is -0.198. The Morgan fingerprint density at radius 1 is 1.33 bits per heavy atom. The van der Waals surface area contributed by atoms with Crippen molar-refractivity contribution >= 4 is 11.8 Å². The summed E-state index contributed by atoms with van der Waals surface area (Å²) in [5.74, 6) is 1.42. The monoisotopic (exact) mass is 250 g/mol. The second-order valence-corrected chi connectivity index (χ2v) is 4.92. The molecule has 1 aliphatic carbocycles. The van der Waals surface area contributed by atoms with Crippen LogP contribution in [-0.2, 0) is 0 Å².